The highest BCUT2D eigenvalue weighted by Crippen LogP contribution is 2.36. The van der Waals surface area contributed by atoms with Crippen LogP contribution < -0.4 is 5.72 Å². The van der Waals surface area contributed by atoms with Gasteiger partial charge in [-0.3, -0.25) is 0 Å². The van der Waals surface area contributed by atoms with E-state index in [0.717, 1.165) is 16.7 Å². The molecule has 0 atom stereocenters. The summed E-state index contributed by atoms with van der Waals surface area (Å²) in [6.07, 6.45) is 0. The number of hydrogen-bond acceptors (Lipinski definition) is 5. The fraction of sp³-hybridized carbons (Fsp3) is 0.194. The summed E-state index contributed by atoms with van der Waals surface area (Å²) in [6, 6.07) is 33.1. The molecule has 5 aromatic rings. The largest absolute Gasteiger partial charge is 0.534 e. The van der Waals surface area contributed by atoms with Gasteiger partial charge in [0.05, 0.1) is 11.2 Å². The molecule has 37 heavy (non-hydrogen) atoms. The lowest BCUT2D eigenvalue weighted by Crippen LogP contribution is -2.41. The van der Waals surface area contributed by atoms with Crippen LogP contribution in [0.1, 0.15) is 27.7 Å². The summed E-state index contributed by atoms with van der Waals surface area (Å²) in [6.45, 7) is 8.11. The average Bonchev–Trinajstić information content (AvgIpc) is 3.15. The van der Waals surface area contributed by atoms with Gasteiger partial charge in [0.25, 0.3) is 0 Å². The molecule has 6 heteroatoms. The molecule has 0 unspecified atom stereocenters. The minimum atomic E-state index is -0.685. The maximum atomic E-state index is 6.30. The standard InChI is InChI=1S/C31H28BN3O2/c1-30(2)31(3,4)37-32(36-30)29-34-27(22-13-6-5-7-14-22)33-28(35-29)24-17-10-16-23(20-24)26-19-11-15-21-12-8-9-18-25(21)26/h5-20H,1-4H3. The Hall–Kier alpha value is -3.87. The van der Waals surface area contributed by atoms with Gasteiger partial charge < -0.3 is 9.31 Å². The van der Waals surface area contributed by atoms with Crippen LogP contribution in [0.25, 0.3) is 44.7 Å². The van der Waals surface area contributed by atoms with E-state index in [1.807, 2.05) is 70.2 Å². The van der Waals surface area contributed by atoms with Gasteiger partial charge >= 0.3 is 7.12 Å². The van der Waals surface area contributed by atoms with Crippen molar-refractivity contribution in [3.63, 3.8) is 0 Å². The van der Waals surface area contributed by atoms with Gasteiger partial charge in [-0.05, 0) is 55.7 Å². The third-order valence-corrected chi connectivity index (χ3v) is 7.37. The Morgan fingerprint density at radius 2 is 1.14 bits per heavy atom. The Kier molecular flexibility index (Phi) is 5.66. The number of nitrogens with zero attached hydrogens (tertiary/aromatic N) is 3. The second-order valence-electron chi connectivity index (χ2n) is 10.4. The molecule has 0 spiro atoms. The van der Waals surface area contributed by atoms with Crippen LogP contribution in [0.3, 0.4) is 0 Å². The monoisotopic (exact) mass is 485 g/mol. The van der Waals surface area contributed by atoms with Crippen LogP contribution in [0, 0.1) is 0 Å². The van der Waals surface area contributed by atoms with Crippen molar-refractivity contribution < 1.29 is 9.31 Å². The number of hydrogen-bond donors (Lipinski definition) is 0. The molecule has 4 aromatic carbocycles. The number of rotatable bonds is 4. The molecule has 0 N–H and O–H groups in total. The van der Waals surface area contributed by atoms with E-state index in [2.05, 4.69) is 54.6 Å². The normalized spacial score (nSPS) is 16.3. The lowest BCUT2D eigenvalue weighted by Gasteiger charge is -2.32. The molecule has 182 valence electrons. The number of fused-ring (bicyclic) bond motifs is 1. The molecule has 1 saturated heterocycles. The Morgan fingerprint density at radius 1 is 0.568 bits per heavy atom. The molecule has 5 nitrogen and oxygen atoms in total. The maximum absolute atomic E-state index is 6.30. The van der Waals surface area contributed by atoms with E-state index in [0.29, 0.717) is 17.4 Å². The van der Waals surface area contributed by atoms with E-state index in [4.69, 9.17) is 24.3 Å². The van der Waals surface area contributed by atoms with Crippen LogP contribution in [-0.2, 0) is 9.31 Å². The molecule has 2 heterocycles. The maximum Gasteiger partial charge on any atom is 0.534 e. The van der Waals surface area contributed by atoms with Gasteiger partial charge in [-0.2, -0.15) is 0 Å². The van der Waals surface area contributed by atoms with Gasteiger partial charge in [-0.15, -0.1) is 0 Å². The molecule has 1 aliphatic heterocycles. The van der Waals surface area contributed by atoms with Crippen molar-refractivity contribution >= 4 is 23.6 Å². The molecule has 6 rings (SSSR count). The van der Waals surface area contributed by atoms with E-state index < -0.39 is 18.3 Å². The van der Waals surface area contributed by atoms with Crippen molar-refractivity contribution in [2.75, 3.05) is 0 Å². The van der Waals surface area contributed by atoms with Gasteiger partial charge in [0.15, 0.2) is 17.4 Å². The van der Waals surface area contributed by atoms with E-state index in [9.17, 15) is 0 Å². The minimum Gasteiger partial charge on any atom is -0.397 e. The molecule has 1 aliphatic rings. The molecule has 0 amide bonds. The van der Waals surface area contributed by atoms with Gasteiger partial charge in [-0.1, -0.05) is 91.0 Å². The summed E-state index contributed by atoms with van der Waals surface area (Å²) in [5.41, 5.74) is 3.57. The third kappa shape index (κ3) is 4.33. The first kappa shape index (κ1) is 23.5. The summed E-state index contributed by atoms with van der Waals surface area (Å²) in [5.74, 6) is 1.17. The lowest BCUT2D eigenvalue weighted by molar-refractivity contribution is 0.00578. The first-order valence-corrected chi connectivity index (χ1v) is 12.6. The predicted octanol–water partition coefficient (Wildman–Crippen LogP) is 6.33. The van der Waals surface area contributed by atoms with E-state index in [-0.39, 0.29) is 0 Å². The average molecular weight is 485 g/mol. The Balaban J connectivity index is 1.48. The van der Waals surface area contributed by atoms with Crippen LogP contribution in [0.5, 0.6) is 0 Å². The van der Waals surface area contributed by atoms with Gasteiger partial charge in [0.1, 0.15) is 0 Å². The summed E-state index contributed by atoms with van der Waals surface area (Å²) in [5, 5.41) is 2.42. The first-order valence-electron chi connectivity index (χ1n) is 12.6. The predicted molar refractivity (Wildman–Crippen MR) is 149 cm³/mol. The number of aromatic nitrogens is 3. The van der Waals surface area contributed by atoms with Gasteiger partial charge in [-0.25, -0.2) is 15.0 Å². The van der Waals surface area contributed by atoms with E-state index >= 15 is 0 Å². The third-order valence-electron chi connectivity index (χ3n) is 7.37. The van der Waals surface area contributed by atoms with E-state index in [1.165, 1.54) is 16.3 Å². The first-order chi connectivity index (χ1) is 17.8. The second kappa shape index (κ2) is 8.91. The summed E-state index contributed by atoms with van der Waals surface area (Å²) < 4.78 is 12.6. The fourth-order valence-corrected chi connectivity index (χ4v) is 4.59. The molecule has 0 bridgehead atoms. The van der Waals surface area contributed by atoms with Crippen molar-refractivity contribution in [1.29, 1.82) is 0 Å². The zero-order valence-electron chi connectivity index (χ0n) is 21.5. The van der Waals surface area contributed by atoms with Crippen LogP contribution in [0.4, 0.5) is 0 Å². The topological polar surface area (TPSA) is 57.1 Å². The zero-order chi connectivity index (χ0) is 25.6. The molecular formula is C31H28BN3O2. The van der Waals surface area contributed by atoms with Crippen molar-refractivity contribution in [3.8, 4) is 33.9 Å². The highest BCUT2D eigenvalue weighted by molar-refractivity contribution is 6.60. The highest BCUT2D eigenvalue weighted by atomic mass is 16.7. The summed E-state index contributed by atoms with van der Waals surface area (Å²) >= 11 is 0. The number of benzene rings is 4. The molecule has 1 aromatic heterocycles. The SMILES string of the molecule is CC1(C)OB(c2nc(-c3ccccc3)nc(-c3cccc(-c4cccc5ccccc45)c3)n2)OC1(C)C. The smallest absolute Gasteiger partial charge is 0.397 e. The van der Waals surface area contributed by atoms with E-state index in [1.54, 1.807) is 0 Å². The Labute approximate surface area is 217 Å². The van der Waals surface area contributed by atoms with Crippen LogP contribution >= 0.6 is 0 Å². The summed E-state index contributed by atoms with van der Waals surface area (Å²) in [7, 11) is -0.685. The Morgan fingerprint density at radius 3 is 1.89 bits per heavy atom. The van der Waals surface area contributed by atoms with Crippen LogP contribution in [0.15, 0.2) is 97.1 Å². The quantitative estimate of drug-likeness (QED) is 0.279. The summed E-state index contributed by atoms with van der Waals surface area (Å²) in [4.78, 5) is 14.5. The Bertz CT molecular complexity index is 1580. The lowest BCUT2D eigenvalue weighted by atomic mass is 9.88. The highest BCUT2D eigenvalue weighted by Gasteiger charge is 2.53. The van der Waals surface area contributed by atoms with Gasteiger partial charge in [0.2, 0.25) is 0 Å². The second-order valence-corrected chi connectivity index (χ2v) is 10.4. The van der Waals surface area contributed by atoms with Crippen LogP contribution in [0.2, 0.25) is 0 Å². The fourth-order valence-electron chi connectivity index (χ4n) is 4.59. The molecule has 0 aliphatic carbocycles. The van der Waals surface area contributed by atoms with Crippen molar-refractivity contribution in [2.24, 2.45) is 0 Å². The van der Waals surface area contributed by atoms with Crippen LogP contribution in [-0.4, -0.2) is 33.3 Å². The minimum absolute atomic E-state index is 0.470. The van der Waals surface area contributed by atoms with Crippen molar-refractivity contribution in [2.45, 2.75) is 38.9 Å². The van der Waals surface area contributed by atoms with Crippen molar-refractivity contribution in [3.05, 3.63) is 97.1 Å². The van der Waals surface area contributed by atoms with Gasteiger partial charge in [0, 0.05) is 11.1 Å². The van der Waals surface area contributed by atoms with Crippen molar-refractivity contribution in [1.82, 2.24) is 15.0 Å². The molecular weight excluding hydrogens is 457 g/mol. The zero-order valence-corrected chi connectivity index (χ0v) is 21.5. The molecule has 1 fully saturated rings. The molecule has 0 radical (unpaired) electrons. The molecule has 0 saturated carbocycles.